The van der Waals surface area contributed by atoms with Gasteiger partial charge in [0, 0.05) is 30.3 Å². The van der Waals surface area contributed by atoms with Crippen LogP contribution >= 0.6 is 0 Å². The Bertz CT molecular complexity index is 1070. The van der Waals surface area contributed by atoms with Gasteiger partial charge in [-0.2, -0.15) is 0 Å². The fourth-order valence-electron chi connectivity index (χ4n) is 2.92. The minimum Gasteiger partial charge on any atom is -0.508 e. The van der Waals surface area contributed by atoms with Crippen LogP contribution in [0.3, 0.4) is 0 Å². The van der Waals surface area contributed by atoms with Gasteiger partial charge >= 0.3 is 0 Å². The van der Waals surface area contributed by atoms with E-state index in [0.717, 1.165) is 11.8 Å². The van der Waals surface area contributed by atoms with Crippen molar-refractivity contribution >= 4 is 26.7 Å². The van der Waals surface area contributed by atoms with Crippen molar-refractivity contribution in [3.05, 3.63) is 53.6 Å². The number of amides is 1. The molecule has 0 aliphatic heterocycles. The highest BCUT2D eigenvalue weighted by Crippen LogP contribution is 2.37. The molecule has 0 atom stereocenters. The van der Waals surface area contributed by atoms with Crippen molar-refractivity contribution in [3.8, 4) is 17.1 Å². The lowest BCUT2D eigenvalue weighted by Gasteiger charge is -2.06. The van der Waals surface area contributed by atoms with E-state index in [0.29, 0.717) is 27.9 Å². The van der Waals surface area contributed by atoms with Crippen LogP contribution in [0.4, 0.5) is 0 Å². The standard InChI is InChI=1S/C19H19NO5S/c1-20-19(22)17-16-13(8-9-26(2,23)24)10-14(21)11-15(16)25-18(17)12-6-4-3-5-7-12/h3-7,10-11,21H,8-9H2,1-2H3,(H,20,22). The Balaban J connectivity index is 2.29. The number of benzene rings is 2. The summed E-state index contributed by atoms with van der Waals surface area (Å²) in [5, 5.41) is 13.1. The fourth-order valence-corrected chi connectivity index (χ4v) is 3.51. The first kappa shape index (κ1) is 18.0. The number of phenolic OH excluding ortho intramolecular Hbond substituents is 1. The van der Waals surface area contributed by atoms with Gasteiger partial charge in [-0.05, 0) is 18.1 Å². The van der Waals surface area contributed by atoms with E-state index >= 15 is 0 Å². The molecule has 0 unspecified atom stereocenters. The summed E-state index contributed by atoms with van der Waals surface area (Å²) in [6, 6.07) is 12.1. The molecule has 0 fully saturated rings. The van der Waals surface area contributed by atoms with Gasteiger partial charge in [0.25, 0.3) is 5.91 Å². The summed E-state index contributed by atoms with van der Waals surface area (Å²) in [6.45, 7) is 0. The molecule has 2 N–H and O–H groups in total. The third kappa shape index (κ3) is 3.57. The number of phenols is 1. The van der Waals surface area contributed by atoms with E-state index in [9.17, 15) is 18.3 Å². The van der Waals surface area contributed by atoms with Crippen LogP contribution in [0.15, 0.2) is 46.9 Å². The van der Waals surface area contributed by atoms with Gasteiger partial charge in [-0.1, -0.05) is 30.3 Å². The van der Waals surface area contributed by atoms with Crippen LogP contribution in [0.1, 0.15) is 15.9 Å². The third-order valence-corrected chi connectivity index (χ3v) is 5.04. The van der Waals surface area contributed by atoms with Crippen LogP contribution in [0.2, 0.25) is 0 Å². The fraction of sp³-hybridized carbons (Fsp3) is 0.211. The molecule has 0 saturated carbocycles. The molecule has 0 aliphatic carbocycles. The number of carbonyl (C=O) groups is 1. The average molecular weight is 373 g/mol. The van der Waals surface area contributed by atoms with Crippen molar-refractivity contribution < 1.29 is 22.7 Å². The number of hydrogen-bond acceptors (Lipinski definition) is 5. The van der Waals surface area contributed by atoms with Crippen LogP contribution in [-0.4, -0.2) is 38.5 Å². The SMILES string of the molecule is CNC(=O)c1c(-c2ccccc2)oc2cc(O)cc(CCS(C)(=O)=O)c12. The maximum atomic E-state index is 12.6. The molecule has 26 heavy (non-hydrogen) atoms. The lowest BCUT2D eigenvalue weighted by atomic mass is 9.99. The molecule has 0 radical (unpaired) electrons. The first-order valence-corrected chi connectivity index (χ1v) is 10.1. The van der Waals surface area contributed by atoms with E-state index in [4.69, 9.17) is 4.42 Å². The summed E-state index contributed by atoms with van der Waals surface area (Å²) in [5.74, 6) is -0.0946. The molecule has 0 saturated heterocycles. The molecular weight excluding hydrogens is 354 g/mol. The van der Waals surface area contributed by atoms with Crippen LogP contribution in [0.25, 0.3) is 22.3 Å². The van der Waals surface area contributed by atoms with Crippen LogP contribution in [0.5, 0.6) is 5.75 Å². The summed E-state index contributed by atoms with van der Waals surface area (Å²) >= 11 is 0. The summed E-state index contributed by atoms with van der Waals surface area (Å²) in [4.78, 5) is 12.6. The lowest BCUT2D eigenvalue weighted by molar-refractivity contribution is 0.0964. The second kappa shape index (κ2) is 6.84. The molecule has 136 valence electrons. The second-order valence-electron chi connectivity index (χ2n) is 6.11. The van der Waals surface area contributed by atoms with Crippen molar-refractivity contribution in [3.63, 3.8) is 0 Å². The number of fused-ring (bicyclic) bond motifs is 1. The van der Waals surface area contributed by atoms with E-state index < -0.39 is 9.84 Å². The second-order valence-corrected chi connectivity index (χ2v) is 8.37. The molecule has 2 aromatic carbocycles. The van der Waals surface area contributed by atoms with Gasteiger partial charge in [-0.15, -0.1) is 0 Å². The highest BCUT2D eigenvalue weighted by Gasteiger charge is 2.24. The van der Waals surface area contributed by atoms with Crippen molar-refractivity contribution in [2.24, 2.45) is 0 Å². The summed E-state index contributed by atoms with van der Waals surface area (Å²) in [6.07, 6.45) is 1.32. The molecule has 0 spiro atoms. The number of carbonyl (C=O) groups excluding carboxylic acids is 1. The van der Waals surface area contributed by atoms with Crippen LogP contribution in [-0.2, 0) is 16.3 Å². The minimum atomic E-state index is -3.20. The van der Waals surface area contributed by atoms with E-state index in [2.05, 4.69) is 5.32 Å². The lowest BCUT2D eigenvalue weighted by Crippen LogP contribution is -2.18. The summed E-state index contributed by atoms with van der Waals surface area (Å²) in [5.41, 5.74) is 1.94. The molecule has 3 rings (SSSR count). The predicted octanol–water partition coefficient (Wildman–Crippen LogP) is 2.75. The van der Waals surface area contributed by atoms with Gasteiger partial charge in [0.2, 0.25) is 0 Å². The average Bonchev–Trinajstić information content (AvgIpc) is 2.98. The van der Waals surface area contributed by atoms with Crippen LogP contribution in [0, 0.1) is 0 Å². The molecule has 7 heteroatoms. The van der Waals surface area contributed by atoms with Gasteiger partial charge in [-0.25, -0.2) is 8.42 Å². The minimum absolute atomic E-state index is 0.0437. The highest BCUT2D eigenvalue weighted by atomic mass is 32.2. The Labute approximate surface area is 151 Å². The van der Waals surface area contributed by atoms with Gasteiger partial charge < -0.3 is 14.8 Å². The van der Waals surface area contributed by atoms with Crippen molar-refractivity contribution in [1.29, 1.82) is 0 Å². The zero-order valence-electron chi connectivity index (χ0n) is 14.4. The molecule has 0 bridgehead atoms. The topological polar surface area (TPSA) is 96.6 Å². The molecule has 1 heterocycles. The molecule has 1 amide bonds. The Morgan fingerprint density at radius 3 is 2.50 bits per heavy atom. The van der Waals surface area contributed by atoms with Crippen LogP contribution < -0.4 is 5.32 Å². The summed E-state index contributed by atoms with van der Waals surface area (Å²) in [7, 11) is -1.68. The van der Waals surface area contributed by atoms with Crippen molar-refractivity contribution in [1.82, 2.24) is 5.32 Å². The Hall–Kier alpha value is -2.80. The Kier molecular flexibility index (Phi) is 4.73. The highest BCUT2D eigenvalue weighted by molar-refractivity contribution is 7.90. The Morgan fingerprint density at radius 2 is 1.88 bits per heavy atom. The van der Waals surface area contributed by atoms with E-state index in [-0.39, 0.29) is 23.8 Å². The smallest absolute Gasteiger partial charge is 0.255 e. The van der Waals surface area contributed by atoms with E-state index in [1.165, 1.54) is 19.2 Å². The molecule has 3 aromatic rings. The maximum Gasteiger partial charge on any atom is 0.255 e. The quantitative estimate of drug-likeness (QED) is 0.717. The van der Waals surface area contributed by atoms with Gasteiger partial charge in [0.1, 0.15) is 26.9 Å². The van der Waals surface area contributed by atoms with Gasteiger partial charge in [0.05, 0.1) is 11.3 Å². The first-order chi connectivity index (χ1) is 12.3. The zero-order valence-corrected chi connectivity index (χ0v) is 15.3. The summed E-state index contributed by atoms with van der Waals surface area (Å²) < 4.78 is 29.0. The normalized spacial score (nSPS) is 11.6. The number of rotatable bonds is 5. The zero-order chi connectivity index (χ0) is 18.9. The van der Waals surface area contributed by atoms with E-state index in [1.807, 2.05) is 30.3 Å². The monoisotopic (exact) mass is 373 g/mol. The van der Waals surface area contributed by atoms with Gasteiger partial charge in [0.15, 0.2) is 0 Å². The number of furan rings is 1. The van der Waals surface area contributed by atoms with E-state index in [1.54, 1.807) is 0 Å². The first-order valence-electron chi connectivity index (χ1n) is 8.04. The number of sulfone groups is 1. The number of aromatic hydroxyl groups is 1. The van der Waals surface area contributed by atoms with Gasteiger partial charge in [-0.3, -0.25) is 4.79 Å². The van der Waals surface area contributed by atoms with Crippen molar-refractivity contribution in [2.75, 3.05) is 19.1 Å². The largest absolute Gasteiger partial charge is 0.508 e. The number of hydrogen-bond donors (Lipinski definition) is 2. The molecule has 0 aliphatic rings. The molecule has 6 nitrogen and oxygen atoms in total. The van der Waals surface area contributed by atoms with Crippen molar-refractivity contribution in [2.45, 2.75) is 6.42 Å². The molecular formula is C19H19NO5S. The third-order valence-electron chi connectivity index (χ3n) is 4.09. The maximum absolute atomic E-state index is 12.6. The number of nitrogens with one attached hydrogen (secondary N) is 1. The Morgan fingerprint density at radius 1 is 1.19 bits per heavy atom. The molecule has 1 aromatic heterocycles. The predicted molar refractivity (Wildman–Crippen MR) is 100 cm³/mol. The number of aryl methyl sites for hydroxylation is 1.